The van der Waals surface area contributed by atoms with Crippen molar-refractivity contribution in [2.45, 2.75) is 64.7 Å². The third-order valence-corrected chi connectivity index (χ3v) is 16.1. The molecule has 0 N–H and O–H groups in total. The standard InChI is InChI=1S/C71H57N6O.Pt/c1-69(2,3)48-36-37-72-66(42-48)77-65-44-52(34-35-64(65)76-61-31-19-18-30-60(61)73-68(76)77)78-53-39-50(71(7)58-28-16-14-26-54(58)55-27-15-17-29-59(55)71)38-51(43-53)74-45-75(63-33-21-20-32-62(63)74)67-56(46-22-10-8-11-23-46)40-49(70(4,5)6)41-57(67)47-24-12-9-13-25-47;/h8-42,45H,1-7H3;/q-3;. The Hall–Kier alpha value is -8.51. The number of pyridine rings is 1. The van der Waals surface area contributed by atoms with E-state index in [0.717, 1.165) is 84.2 Å². The van der Waals surface area contributed by atoms with Crippen LogP contribution in [0.4, 0.5) is 22.7 Å². The number of rotatable bonds is 8. The Morgan fingerprint density at radius 2 is 1.10 bits per heavy atom. The summed E-state index contributed by atoms with van der Waals surface area (Å²) in [7, 11) is 0. The molecule has 2 aliphatic rings. The van der Waals surface area contributed by atoms with Crippen LogP contribution in [0.3, 0.4) is 0 Å². The monoisotopic (exact) mass is 1200 g/mol. The maximum atomic E-state index is 7.21. The molecular weight excluding hydrogens is 1150 g/mol. The molecule has 4 heterocycles. The Labute approximate surface area is 476 Å². The van der Waals surface area contributed by atoms with Crippen LogP contribution in [-0.2, 0) is 37.3 Å². The molecule has 12 aromatic rings. The van der Waals surface area contributed by atoms with Gasteiger partial charge in [-0.2, -0.15) is 0 Å². The van der Waals surface area contributed by atoms with E-state index >= 15 is 0 Å². The van der Waals surface area contributed by atoms with Gasteiger partial charge in [-0.25, -0.2) is 9.97 Å². The van der Waals surface area contributed by atoms with E-state index in [1.54, 1.807) is 0 Å². The van der Waals surface area contributed by atoms with Crippen molar-refractivity contribution in [2.75, 3.05) is 9.80 Å². The molecule has 0 bridgehead atoms. The summed E-state index contributed by atoms with van der Waals surface area (Å²) in [6.45, 7) is 18.2. The van der Waals surface area contributed by atoms with E-state index in [-0.39, 0.29) is 31.9 Å². The summed E-state index contributed by atoms with van der Waals surface area (Å²) in [5.74, 6) is 2.63. The molecule has 0 saturated heterocycles. The average molecular weight is 1210 g/mol. The molecule has 9 aromatic carbocycles. The fraction of sp³-hybridized carbons (Fsp3) is 0.141. The minimum absolute atomic E-state index is 0. The van der Waals surface area contributed by atoms with E-state index < -0.39 is 5.41 Å². The molecule has 0 atom stereocenters. The van der Waals surface area contributed by atoms with Crippen molar-refractivity contribution >= 4 is 50.6 Å². The van der Waals surface area contributed by atoms with Crippen LogP contribution in [0.5, 0.6) is 11.5 Å². The Bertz CT molecular complexity index is 4230. The van der Waals surface area contributed by atoms with Crippen LogP contribution in [0.2, 0.25) is 0 Å². The van der Waals surface area contributed by atoms with Crippen molar-refractivity contribution in [3.63, 3.8) is 0 Å². The van der Waals surface area contributed by atoms with Crippen molar-refractivity contribution in [1.82, 2.24) is 18.9 Å². The third-order valence-electron chi connectivity index (χ3n) is 16.1. The number of imidazole rings is 2. The molecule has 8 heteroatoms. The van der Waals surface area contributed by atoms with Crippen LogP contribution in [0, 0.1) is 18.8 Å². The predicted molar refractivity (Wildman–Crippen MR) is 319 cm³/mol. The Kier molecular flexibility index (Phi) is 11.9. The molecule has 7 nitrogen and oxygen atoms in total. The summed E-state index contributed by atoms with van der Waals surface area (Å²) in [6, 6.07) is 81.5. The molecular formula is C71H57N6OPt-3. The van der Waals surface area contributed by atoms with Gasteiger partial charge < -0.3 is 18.9 Å². The van der Waals surface area contributed by atoms with Crippen molar-refractivity contribution in [2.24, 2.45) is 0 Å². The van der Waals surface area contributed by atoms with E-state index in [1.807, 2.05) is 18.3 Å². The predicted octanol–water partition coefficient (Wildman–Crippen LogP) is 17.9. The van der Waals surface area contributed by atoms with Gasteiger partial charge in [0.15, 0.2) is 0 Å². The molecule has 79 heavy (non-hydrogen) atoms. The second kappa shape index (κ2) is 18.9. The van der Waals surface area contributed by atoms with Crippen molar-refractivity contribution in [3.05, 3.63) is 259 Å². The molecule has 0 radical (unpaired) electrons. The number of hydrogen-bond acceptors (Lipinski definition) is 5. The zero-order valence-corrected chi connectivity index (χ0v) is 47.5. The molecule has 0 fully saturated rings. The number of benzene rings is 9. The first-order valence-corrected chi connectivity index (χ1v) is 26.9. The zero-order chi connectivity index (χ0) is 53.1. The van der Waals surface area contributed by atoms with Gasteiger partial charge >= 0.3 is 0 Å². The zero-order valence-electron chi connectivity index (χ0n) is 45.2. The summed E-state index contributed by atoms with van der Waals surface area (Å²) in [4.78, 5) is 14.8. The van der Waals surface area contributed by atoms with E-state index in [4.69, 9.17) is 14.7 Å². The van der Waals surface area contributed by atoms with Crippen molar-refractivity contribution in [1.29, 1.82) is 0 Å². The summed E-state index contributed by atoms with van der Waals surface area (Å²) < 4.78 is 11.5. The van der Waals surface area contributed by atoms with Crippen LogP contribution in [0.15, 0.2) is 212 Å². The average Bonchev–Trinajstić information content (AvgIpc) is 4.15. The molecule has 1 aliphatic heterocycles. The van der Waals surface area contributed by atoms with Gasteiger partial charge in [0, 0.05) is 72.4 Å². The van der Waals surface area contributed by atoms with Gasteiger partial charge in [-0.15, -0.1) is 54.3 Å². The van der Waals surface area contributed by atoms with Crippen molar-refractivity contribution in [3.8, 4) is 50.7 Å². The first kappa shape index (κ1) is 50.0. The number of nitrogens with zero attached hydrogens (tertiary/aromatic N) is 6. The minimum atomic E-state index is -0.545. The molecule has 1 aliphatic carbocycles. The normalized spacial score (nSPS) is 13.7. The van der Waals surface area contributed by atoms with Gasteiger partial charge in [0.1, 0.15) is 5.82 Å². The topological polar surface area (TPSA) is 50.8 Å². The smallest absolute Gasteiger partial charge is 0.208 e. The van der Waals surface area contributed by atoms with Gasteiger partial charge in [0.25, 0.3) is 0 Å². The number of anilines is 4. The van der Waals surface area contributed by atoms with Crippen LogP contribution in [0.25, 0.3) is 67.0 Å². The number of fused-ring (bicyclic) bond motifs is 9. The van der Waals surface area contributed by atoms with E-state index in [2.05, 4.69) is 280 Å². The number of ether oxygens (including phenoxy) is 1. The van der Waals surface area contributed by atoms with Gasteiger partial charge in [0.05, 0.1) is 11.0 Å². The number of hydrogen-bond donors (Lipinski definition) is 0. The summed E-state index contributed by atoms with van der Waals surface area (Å²) in [6.07, 6.45) is 1.89. The first-order chi connectivity index (χ1) is 37.8. The largest absolute Gasteiger partial charge is 0.509 e. The quantitative estimate of drug-likeness (QED) is 0.142. The Balaban J connectivity index is 0.00000591. The summed E-state index contributed by atoms with van der Waals surface area (Å²) in [5, 5.41) is 0. The molecule has 0 amide bonds. The number of aromatic nitrogens is 4. The minimum Gasteiger partial charge on any atom is -0.509 e. The SMILES string of the molecule is CC(C)(C)c1ccnc(-n2c3[c-]c(Oc4[c-]c(N5[CH-]N(c6c(-c7ccccc7)cc(C(C)(C)C)cc6-c6ccccc6)c6ccccc65)cc(C5(C)c6ccccc6-c6ccccc65)c4)ccc3n3c4ccccc4nc23)c1.[Pt]. The molecule has 390 valence electrons. The maximum Gasteiger partial charge on any atom is 0.208 e. The molecule has 0 spiro atoms. The summed E-state index contributed by atoms with van der Waals surface area (Å²) in [5.41, 5.74) is 20.0. The van der Waals surface area contributed by atoms with E-state index in [0.29, 0.717) is 11.5 Å². The molecule has 0 saturated carbocycles. The molecule has 14 rings (SSSR count). The van der Waals surface area contributed by atoms with Crippen molar-refractivity contribution < 1.29 is 25.8 Å². The van der Waals surface area contributed by atoms with Gasteiger partial charge in [-0.1, -0.05) is 175 Å². The van der Waals surface area contributed by atoms with Crippen LogP contribution < -0.4 is 14.5 Å². The Morgan fingerprint density at radius 1 is 0.519 bits per heavy atom. The maximum absolute atomic E-state index is 7.21. The first-order valence-electron chi connectivity index (χ1n) is 26.9. The number of para-hydroxylation sites is 4. The van der Waals surface area contributed by atoms with Crippen LogP contribution in [0.1, 0.15) is 76.3 Å². The van der Waals surface area contributed by atoms with E-state index in [1.165, 1.54) is 33.4 Å². The fourth-order valence-electron chi connectivity index (χ4n) is 12.0. The van der Waals surface area contributed by atoms with Gasteiger partial charge in [-0.05, 0) is 122 Å². The third kappa shape index (κ3) is 8.20. The molecule has 0 unspecified atom stereocenters. The second-order valence-electron chi connectivity index (χ2n) is 23.0. The van der Waals surface area contributed by atoms with Crippen LogP contribution >= 0.6 is 0 Å². The van der Waals surface area contributed by atoms with E-state index in [9.17, 15) is 0 Å². The van der Waals surface area contributed by atoms with Gasteiger partial charge in [0.2, 0.25) is 5.78 Å². The second-order valence-corrected chi connectivity index (χ2v) is 23.0. The Morgan fingerprint density at radius 3 is 1.75 bits per heavy atom. The van der Waals surface area contributed by atoms with Gasteiger partial charge in [-0.3, -0.25) is 4.57 Å². The molecule has 3 aromatic heterocycles. The fourth-order valence-corrected chi connectivity index (χ4v) is 12.0. The summed E-state index contributed by atoms with van der Waals surface area (Å²) >= 11 is 0. The van der Waals surface area contributed by atoms with Crippen LogP contribution in [-0.4, -0.2) is 18.9 Å².